The number of hydrogen-bond donors (Lipinski definition) is 3. The molecular formula is C23H28F2N8O. The average molecular weight is 471 g/mol. The number of imidazole rings is 1. The molecule has 180 valence electrons. The summed E-state index contributed by atoms with van der Waals surface area (Å²) in [6.45, 7) is 2.61. The molecule has 2 aromatic heterocycles. The van der Waals surface area contributed by atoms with Gasteiger partial charge in [0.1, 0.15) is 24.0 Å². The zero-order chi connectivity index (χ0) is 24.4. The van der Waals surface area contributed by atoms with E-state index in [9.17, 15) is 13.6 Å². The van der Waals surface area contributed by atoms with Crippen LogP contribution >= 0.6 is 0 Å². The minimum atomic E-state index is -0.722. The number of amides is 1. The van der Waals surface area contributed by atoms with Gasteiger partial charge in [0.15, 0.2) is 5.84 Å². The van der Waals surface area contributed by atoms with Crippen molar-refractivity contribution >= 4 is 17.6 Å². The predicted octanol–water partition coefficient (Wildman–Crippen LogP) is 3.24. The molecule has 0 aliphatic heterocycles. The maximum Gasteiger partial charge on any atom is 0.259 e. The first-order chi connectivity index (χ1) is 16.3. The molecule has 5 N–H and O–H groups in total. The number of amidine groups is 1. The molecule has 11 heteroatoms. The van der Waals surface area contributed by atoms with Gasteiger partial charge in [0.2, 0.25) is 0 Å². The molecule has 0 unspecified atom stereocenters. The molecule has 2 heterocycles. The Morgan fingerprint density at radius 2 is 2.18 bits per heavy atom. The Bertz CT molecular complexity index is 1240. The van der Waals surface area contributed by atoms with Crippen molar-refractivity contribution in [3.63, 3.8) is 0 Å². The fraction of sp³-hybridized carbons (Fsp3) is 0.304. The number of carbonyl (C=O) groups is 1. The second kappa shape index (κ2) is 9.56. The number of hydrazone groups is 1. The van der Waals surface area contributed by atoms with Crippen LogP contribution in [0.1, 0.15) is 54.4 Å². The highest BCUT2D eigenvalue weighted by molar-refractivity contribution is 6.05. The number of pyridine rings is 1. The highest BCUT2D eigenvalue weighted by Gasteiger charge is 2.26. The molecule has 1 aliphatic rings. The Hall–Kier alpha value is -3.86. The van der Waals surface area contributed by atoms with Gasteiger partial charge in [0, 0.05) is 13.5 Å². The van der Waals surface area contributed by atoms with E-state index < -0.39 is 24.4 Å². The van der Waals surface area contributed by atoms with Crippen LogP contribution in [0, 0.1) is 12.7 Å². The normalized spacial score (nSPS) is 14.7. The number of nitrogens with two attached hydrogens (primary N) is 2. The number of aryl methyl sites for hydroxylation is 1. The molecule has 3 aromatic rings. The van der Waals surface area contributed by atoms with E-state index >= 15 is 0 Å². The summed E-state index contributed by atoms with van der Waals surface area (Å²) in [7, 11) is 0. The fourth-order valence-electron chi connectivity index (χ4n) is 3.53. The van der Waals surface area contributed by atoms with Crippen LogP contribution in [0.15, 0.2) is 48.0 Å². The van der Waals surface area contributed by atoms with Crippen molar-refractivity contribution in [1.82, 2.24) is 19.5 Å². The summed E-state index contributed by atoms with van der Waals surface area (Å²) in [5, 5.41) is 7.24. The highest BCUT2D eigenvalue weighted by atomic mass is 19.1. The van der Waals surface area contributed by atoms with Crippen LogP contribution in [0.4, 0.5) is 14.6 Å². The molecule has 1 aromatic carbocycles. The van der Waals surface area contributed by atoms with E-state index in [0.29, 0.717) is 17.2 Å². The highest BCUT2D eigenvalue weighted by Crippen LogP contribution is 2.39. The SMILES string of the molecule is Cc1cc(F)c(C(=O)Nc2cccc(/C(=N/N)N(N)[C@H](C)CF)n2)cc1-n1cnc(C2CC2)c1.[HH]. The van der Waals surface area contributed by atoms with E-state index in [4.69, 9.17) is 11.7 Å². The lowest BCUT2D eigenvalue weighted by Crippen LogP contribution is -2.46. The number of rotatable bonds is 7. The molecule has 4 rings (SSSR count). The van der Waals surface area contributed by atoms with Gasteiger partial charge in [-0.1, -0.05) is 6.07 Å². The van der Waals surface area contributed by atoms with Gasteiger partial charge >= 0.3 is 0 Å². The van der Waals surface area contributed by atoms with Crippen LogP contribution in [-0.2, 0) is 0 Å². The number of hydrogen-bond acceptors (Lipinski definition) is 6. The van der Waals surface area contributed by atoms with Crippen molar-refractivity contribution in [2.24, 2.45) is 16.8 Å². The third-order valence-electron chi connectivity index (χ3n) is 5.69. The summed E-state index contributed by atoms with van der Waals surface area (Å²) in [4.78, 5) is 21.6. The third-order valence-corrected chi connectivity index (χ3v) is 5.69. The zero-order valence-electron chi connectivity index (χ0n) is 18.9. The Labute approximate surface area is 196 Å². The number of halogens is 2. The molecule has 1 amide bonds. The van der Waals surface area contributed by atoms with E-state index in [1.54, 1.807) is 36.9 Å². The van der Waals surface area contributed by atoms with Gasteiger partial charge in [-0.15, -0.1) is 0 Å². The summed E-state index contributed by atoms with van der Waals surface area (Å²) in [5.41, 5.74) is 2.39. The number of alkyl halides is 1. The molecule has 1 aliphatic carbocycles. The van der Waals surface area contributed by atoms with E-state index in [1.165, 1.54) is 18.2 Å². The van der Waals surface area contributed by atoms with Gasteiger partial charge in [-0.25, -0.2) is 24.6 Å². The van der Waals surface area contributed by atoms with Crippen molar-refractivity contribution in [2.75, 3.05) is 12.0 Å². The Balaban J connectivity index is 0.00000342. The molecular weight excluding hydrogens is 442 g/mol. The lowest BCUT2D eigenvalue weighted by molar-refractivity contribution is 0.102. The molecule has 0 bridgehead atoms. The zero-order valence-corrected chi connectivity index (χ0v) is 18.9. The molecule has 1 atom stereocenters. The summed E-state index contributed by atoms with van der Waals surface area (Å²) in [6.07, 6.45) is 5.81. The molecule has 0 saturated heterocycles. The lowest BCUT2D eigenvalue weighted by Gasteiger charge is -2.24. The molecule has 34 heavy (non-hydrogen) atoms. The van der Waals surface area contributed by atoms with Gasteiger partial charge in [-0.05, 0) is 56.5 Å². The van der Waals surface area contributed by atoms with E-state index in [0.717, 1.165) is 23.5 Å². The lowest BCUT2D eigenvalue weighted by atomic mass is 10.1. The van der Waals surface area contributed by atoms with Gasteiger partial charge in [0.05, 0.1) is 29.3 Å². The van der Waals surface area contributed by atoms with Crippen molar-refractivity contribution in [1.29, 1.82) is 0 Å². The maximum atomic E-state index is 14.7. The maximum absolute atomic E-state index is 14.7. The Morgan fingerprint density at radius 3 is 2.85 bits per heavy atom. The van der Waals surface area contributed by atoms with Crippen LogP contribution in [0.5, 0.6) is 0 Å². The number of nitrogens with one attached hydrogen (secondary N) is 1. The smallest absolute Gasteiger partial charge is 0.259 e. The largest absolute Gasteiger partial charge is 0.321 e. The first kappa shape index (κ1) is 23.3. The first-order valence-corrected chi connectivity index (χ1v) is 10.8. The second-order valence-electron chi connectivity index (χ2n) is 8.32. The van der Waals surface area contributed by atoms with Gasteiger partial charge < -0.3 is 15.7 Å². The monoisotopic (exact) mass is 470 g/mol. The van der Waals surface area contributed by atoms with Crippen LogP contribution in [0.2, 0.25) is 0 Å². The summed E-state index contributed by atoms with van der Waals surface area (Å²) in [6, 6.07) is 6.80. The molecule has 9 nitrogen and oxygen atoms in total. The van der Waals surface area contributed by atoms with Crippen LogP contribution in [-0.4, -0.2) is 44.0 Å². The molecule has 0 radical (unpaired) electrons. The van der Waals surface area contributed by atoms with Crippen molar-refractivity contribution in [2.45, 2.75) is 38.6 Å². The number of nitrogens with zero attached hydrogens (tertiary/aromatic N) is 5. The summed E-state index contributed by atoms with van der Waals surface area (Å²) >= 11 is 0. The van der Waals surface area contributed by atoms with Gasteiger partial charge in [0.25, 0.3) is 5.91 Å². The topological polar surface area (TPSA) is 127 Å². The second-order valence-corrected chi connectivity index (χ2v) is 8.32. The number of hydrazine groups is 1. The van der Waals surface area contributed by atoms with Crippen molar-refractivity contribution < 1.29 is 15.0 Å². The van der Waals surface area contributed by atoms with Crippen LogP contribution < -0.4 is 17.0 Å². The van der Waals surface area contributed by atoms with Crippen LogP contribution in [0.3, 0.4) is 0 Å². The van der Waals surface area contributed by atoms with E-state index in [-0.39, 0.29) is 24.3 Å². The van der Waals surface area contributed by atoms with Crippen molar-refractivity contribution in [3.8, 4) is 5.69 Å². The van der Waals surface area contributed by atoms with Gasteiger partial charge in [-0.2, -0.15) is 5.10 Å². The summed E-state index contributed by atoms with van der Waals surface area (Å²) in [5.74, 6) is 10.6. The van der Waals surface area contributed by atoms with E-state index in [2.05, 4.69) is 20.4 Å². The number of aromatic nitrogens is 3. The van der Waals surface area contributed by atoms with Crippen LogP contribution in [0.25, 0.3) is 5.69 Å². The number of carbonyl (C=O) groups excluding carboxylic acids is 1. The fourth-order valence-corrected chi connectivity index (χ4v) is 3.53. The predicted molar refractivity (Wildman–Crippen MR) is 127 cm³/mol. The molecule has 1 fully saturated rings. The average Bonchev–Trinajstić information content (AvgIpc) is 3.56. The number of anilines is 1. The van der Waals surface area contributed by atoms with Gasteiger partial charge in [-0.3, -0.25) is 9.80 Å². The third kappa shape index (κ3) is 4.74. The first-order valence-electron chi connectivity index (χ1n) is 10.8. The number of benzene rings is 1. The van der Waals surface area contributed by atoms with E-state index in [1.807, 2.05) is 6.20 Å². The molecule has 1 saturated carbocycles. The standard InChI is InChI=1S/C23H26F2N8O.H2/c1-13-8-17(25)16(9-20(13)32-11-19(28-12-32)15-6-7-15)23(34)30-21-5-3-4-18(29-21)22(31-26)33(27)14(2)10-24;/h3-5,8-9,11-12,14-15H,6-7,10,26-27H2,1-2H3,(H,29,30,34);1H/b31-22-;/t14-;/m1./s1. The minimum absolute atomic E-state index is 0. The molecule has 0 spiro atoms. The summed E-state index contributed by atoms with van der Waals surface area (Å²) < 4.78 is 29.6. The van der Waals surface area contributed by atoms with Crippen molar-refractivity contribution in [3.05, 3.63) is 71.2 Å². The quantitative estimate of drug-likeness (QED) is 0.211. The minimum Gasteiger partial charge on any atom is -0.321 e. The Kier molecular flexibility index (Phi) is 6.55. The Morgan fingerprint density at radius 1 is 1.41 bits per heavy atom.